The Kier molecular flexibility index (Phi) is 3.85. The van der Waals surface area contributed by atoms with Crippen LogP contribution in [0.15, 0.2) is 41.1 Å². The van der Waals surface area contributed by atoms with Crippen LogP contribution in [0, 0.1) is 0 Å². The first-order valence-electron chi connectivity index (χ1n) is 4.92. The molecule has 0 aliphatic heterocycles. The van der Waals surface area contributed by atoms with E-state index in [1.807, 2.05) is 35.1 Å². The highest BCUT2D eigenvalue weighted by Gasteiger charge is 1.98. The quantitative estimate of drug-likeness (QED) is 0.938. The molecule has 1 N–H and O–H groups in total. The molecule has 0 saturated heterocycles. The van der Waals surface area contributed by atoms with Gasteiger partial charge in [0.05, 0.1) is 17.8 Å². The van der Waals surface area contributed by atoms with E-state index in [4.69, 9.17) is 11.6 Å². The van der Waals surface area contributed by atoms with Crippen LogP contribution in [-0.2, 0) is 6.54 Å². The maximum Gasteiger partial charge on any atom is 0.0785 e. The van der Waals surface area contributed by atoms with Gasteiger partial charge in [0, 0.05) is 22.9 Å². The number of hydrogen-bond donors (Lipinski definition) is 1. The van der Waals surface area contributed by atoms with Crippen molar-refractivity contribution in [3.05, 3.63) is 46.2 Å². The van der Waals surface area contributed by atoms with Gasteiger partial charge in [-0.05, 0) is 28.1 Å². The van der Waals surface area contributed by atoms with Crippen molar-refractivity contribution >= 4 is 33.2 Å². The van der Waals surface area contributed by atoms with Crippen LogP contribution in [0.25, 0.3) is 0 Å². The van der Waals surface area contributed by atoms with E-state index in [0.717, 1.165) is 23.2 Å². The number of anilines is 1. The van der Waals surface area contributed by atoms with Gasteiger partial charge in [-0.1, -0.05) is 23.7 Å². The van der Waals surface area contributed by atoms with Gasteiger partial charge in [0.1, 0.15) is 0 Å². The number of nitrogens with one attached hydrogen (secondary N) is 1. The van der Waals surface area contributed by atoms with Crippen molar-refractivity contribution in [2.75, 3.05) is 11.9 Å². The first kappa shape index (κ1) is 11.5. The molecule has 0 bridgehead atoms. The second-order valence-corrected chi connectivity index (χ2v) is 4.62. The van der Waals surface area contributed by atoms with Crippen LogP contribution in [0.5, 0.6) is 0 Å². The van der Waals surface area contributed by atoms with E-state index in [1.54, 1.807) is 6.20 Å². The first-order valence-corrected chi connectivity index (χ1v) is 6.09. The Balaban J connectivity index is 1.87. The Morgan fingerprint density at radius 2 is 2.19 bits per heavy atom. The molecule has 0 fully saturated rings. The third kappa shape index (κ3) is 3.00. The second kappa shape index (κ2) is 5.37. The molecule has 16 heavy (non-hydrogen) atoms. The Labute approximate surface area is 108 Å². The molecule has 0 unspecified atom stereocenters. The lowest BCUT2D eigenvalue weighted by Gasteiger charge is -2.07. The first-order chi connectivity index (χ1) is 7.75. The van der Waals surface area contributed by atoms with Gasteiger partial charge in [0.2, 0.25) is 0 Å². The Bertz CT molecular complexity index is 470. The van der Waals surface area contributed by atoms with Crippen LogP contribution < -0.4 is 5.32 Å². The van der Waals surface area contributed by atoms with E-state index in [0.29, 0.717) is 5.02 Å². The highest BCUT2D eigenvalue weighted by molar-refractivity contribution is 9.10. The summed E-state index contributed by atoms with van der Waals surface area (Å²) < 4.78 is 2.88. The van der Waals surface area contributed by atoms with Gasteiger partial charge in [-0.25, -0.2) is 0 Å². The molecular weight excluding hydrogens is 289 g/mol. The summed E-state index contributed by atoms with van der Waals surface area (Å²) in [6.07, 6.45) is 3.45. The minimum atomic E-state index is 0.667. The monoisotopic (exact) mass is 299 g/mol. The SMILES string of the molecule is Clc1cnn(CCNc2ccccc2Br)c1. The van der Waals surface area contributed by atoms with Crippen LogP contribution in [0.1, 0.15) is 0 Å². The van der Waals surface area contributed by atoms with Crippen LogP contribution >= 0.6 is 27.5 Å². The van der Waals surface area contributed by atoms with Gasteiger partial charge < -0.3 is 5.32 Å². The summed E-state index contributed by atoms with van der Waals surface area (Å²) >= 11 is 9.25. The lowest BCUT2D eigenvalue weighted by molar-refractivity contribution is 0.638. The van der Waals surface area contributed by atoms with Gasteiger partial charge >= 0.3 is 0 Å². The Hall–Kier alpha value is -1.00. The number of nitrogens with zero attached hydrogens (tertiary/aromatic N) is 2. The average molecular weight is 301 g/mol. The van der Waals surface area contributed by atoms with Crippen molar-refractivity contribution in [3.63, 3.8) is 0 Å². The molecule has 2 aromatic rings. The number of para-hydroxylation sites is 1. The van der Waals surface area contributed by atoms with Crippen LogP contribution in [0.2, 0.25) is 5.02 Å². The normalized spacial score (nSPS) is 10.4. The van der Waals surface area contributed by atoms with Crippen molar-refractivity contribution in [2.45, 2.75) is 6.54 Å². The number of benzene rings is 1. The predicted molar refractivity (Wildman–Crippen MR) is 69.9 cm³/mol. The number of rotatable bonds is 4. The molecule has 84 valence electrons. The summed E-state index contributed by atoms with van der Waals surface area (Å²) in [5.41, 5.74) is 1.08. The summed E-state index contributed by atoms with van der Waals surface area (Å²) in [6, 6.07) is 8.02. The maximum atomic E-state index is 5.77. The third-order valence-corrected chi connectivity index (χ3v) is 3.02. The smallest absolute Gasteiger partial charge is 0.0785 e. The molecule has 0 spiro atoms. The molecule has 0 atom stereocenters. The summed E-state index contributed by atoms with van der Waals surface area (Å²) in [6.45, 7) is 1.59. The summed E-state index contributed by atoms with van der Waals surface area (Å²) in [5, 5.41) is 8.09. The fourth-order valence-electron chi connectivity index (χ4n) is 1.37. The molecule has 3 nitrogen and oxygen atoms in total. The Morgan fingerprint density at radius 1 is 1.38 bits per heavy atom. The van der Waals surface area contributed by atoms with Crippen LogP contribution in [-0.4, -0.2) is 16.3 Å². The summed E-state index contributed by atoms with van der Waals surface area (Å²) in [5.74, 6) is 0. The van der Waals surface area contributed by atoms with Crippen molar-refractivity contribution in [2.24, 2.45) is 0 Å². The second-order valence-electron chi connectivity index (χ2n) is 3.33. The van der Waals surface area contributed by atoms with Gasteiger partial charge in [0.25, 0.3) is 0 Å². The van der Waals surface area contributed by atoms with E-state index in [9.17, 15) is 0 Å². The lowest BCUT2D eigenvalue weighted by Crippen LogP contribution is -2.10. The minimum absolute atomic E-state index is 0.667. The van der Waals surface area contributed by atoms with Crippen LogP contribution in [0.4, 0.5) is 5.69 Å². The van der Waals surface area contributed by atoms with E-state index >= 15 is 0 Å². The lowest BCUT2D eigenvalue weighted by atomic mass is 10.3. The number of hydrogen-bond acceptors (Lipinski definition) is 2. The molecule has 5 heteroatoms. The molecule has 2 rings (SSSR count). The zero-order chi connectivity index (χ0) is 11.4. The van der Waals surface area contributed by atoms with Crippen molar-refractivity contribution in [1.29, 1.82) is 0 Å². The molecule has 1 aromatic carbocycles. The zero-order valence-corrected chi connectivity index (χ0v) is 10.9. The van der Waals surface area contributed by atoms with Gasteiger partial charge in [-0.2, -0.15) is 5.10 Å². The molecule has 0 radical (unpaired) electrons. The van der Waals surface area contributed by atoms with E-state index in [2.05, 4.69) is 26.3 Å². The molecule has 1 aromatic heterocycles. The highest BCUT2D eigenvalue weighted by atomic mass is 79.9. The molecule has 0 saturated carbocycles. The van der Waals surface area contributed by atoms with E-state index in [1.165, 1.54) is 0 Å². The Morgan fingerprint density at radius 3 is 2.88 bits per heavy atom. The van der Waals surface area contributed by atoms with Crippen molar-refractivity contribution < 1.29 is 0 Å². The third-order valence-electron chi connectivity index (χ3n) is 2.13. The maximum absolute atomic E-state index is 5.77. The summed E-state index contributed by atoms with van der Waals surface area (Å²) in [7, 11) is 0. The fourth-order valence-corrected chi connectivity index (χ4v) is 1.95. The van der Waals surface area contributed by atoms with E-state index < -0.39 is 0 Å². The highest BCUT2D eigenvalue weighted by Crippen LogP contribution is 2.20. The topological polar surface area (TPSA) is 29.9 Å². The molecule has 0 aliphatic carbocycles. The largest absolute Gasteiger partial charge is 0.382 e. The molecular formula is C11H11BrClN3. The van der Waals surface area contributed by atoms with Gasteiger partial charge in [-0.3, -0.25) is 4.68 Å². The van der Waals surface area contributed by atoms with Crippen LogP contribution in [0.3, 0.4) is 0 Å². The van der Waals surface area contributed by atoms with Crippen molar-refractivity contribution in [3.8, 4) is 0 Å². The molecule has 0 amide bonds. The number of halogens is 2. The predicted octanol–water partition coefficient (Wildman–Crippen LogP) is 3.41. The van der Waals surface area contributed by atoms with Crippen molar-refractivity contribution in [1.82, 2.24) is 9.78 Å². The molecule has 0 aliphatic rings. The standard InChI is InChI=1S/C11H11BrClN3/c12-10-3-1-2-4-11(10)14-5-6-16-8-9(13)7-15-16/h1-4,7-8,14H,5-6H2. The minimum Gasteiger partial charge on any atom is -0.382 e. The zero-order valence-electron chi connectivity index (χ0n) is 8.53. The molecule has 1 heterocycles. The van der Waals surface area contributed by atoms with Gasteiger partial charge in [-0.15, -0.1) is 0 Å². The average Bonchev–Trinajstić information content (AvgIpc) is 2.67. The van der Waals surface area contributed by atoms with Gasteiger partial charge in [0.15, 0.2) is 0 Å². The summed E-state index contributed by atoms with van der Waals surface area (Å²) in [4.78, 5) is 0. The van der Waals surface area contributed by atoms with E-state index in [-0.39, 0.29) is 0 Å². The number of aromatic nitrogens is 2. The fraction of sp³-hybridized carbons (Fsp3) is 0.182.